The van der Waals surface area contributed by atoms with Gasteiger partial charge in [0.05, 0.1) is 4.91 Å². The van der Waals surface area contributed by atoms with Crippen molar-refractivity contribution in [2.75, 3.05) is 23.8 Å². The van der Waals surface area contributed by atoms with E-state index in [1.54, 1.807) is 36.4 Å². The van der Waals surface area contributed by atoms with Crippen molar-refractivity contribution in [3.63, 3.8) is 0 Å². The number of amides is 4. The Bertz CT molecular complexity index is 1370. The van der Waals surface area contributed by atoms with E-state index in [1.165, 1.54) is 24.3 Å². The van der Waals surface area contributed by atoms with Crippen LogP contribution in [0.25, 0.3) is 6.08 Å². The van der Waals surface area contributed by atoms with E-state index < -0.39 is 29.4 Å². The fourth-order valence-electron chi connectivity index (χ4n) is 3.34. The molecule has 0 radical (unpaired) electrons. The number of aryl methyl sites for hydroxylation is 1. The largest absolute Gasteiger partial charge is 0.484 e. The van der Waals surface area contributed by atoms with Crippen molar-refractivity contribution in [2.24, 2.45) is 0 Å². The van der Waals surface area contributed by atoms with Crippen LogP contribution in [0.4, 0.5) is 20.6 Å². The summed E-state index contributed by atoms with van der Waals surface area (Å²) in [7, 11) is 0. The molecule has 1 heterocycles. The number of imide groups is 1. The van der Waals surface area contributed by atoms with Gasteiger partial charge in [-0.25, -0.2) is 4.39 Å². The van der Waals surface area contributed by atoms with Gasteiger partial charge in [-0.3, -0.25) is 24.1 Å². The minimum absolute atomic E-state index is 0.162. The second-order valence-electron chi connectivity index (χ2n) is 8.10. The standard InChI is InChI=1S/C27H22FN3O5S/c1-17-5-9-20(10-6-17)29-25(33)16-36-22-11-7-18(8-12-22)13-23-26(34)31(27(35)37-23)15-24(32)30-21-4-2-3-19(28)14-21/h2-14H,15-16H2,1H3,(H,29,33)(H,30,32)/b23-13+. The first kappa shape index (κ1) is 25.6. The topological polar surface area (TPSA) is 105 Å². The highest BCUT2D eigenvalue weighted by molar-refractivity contribution is 8.18. The van der Waals surface area contributed by atoms with E-state index in [1.807, 2.05) is 19.1 Å². The van der Waals surface area contributed by atoms with Gasteiger partial charge in [-0.2, -0.15) is 0 Å². The monoisotopic (exact) mass is 519 g/mol. The Hall–Kier alpha value is -4.44. The summed E-state index contributed by atoms with van der Waals surface area (Å²) >= 11 is 0.722. The van der Waals surface area contributed by atoms with Crippen LogP contribution in [-0.2, 0) is 14.4 Å². The Morgan fingerprint density at radius 1 is 0.946 bits per heavy atom. The van der Waals surface area contributed by atoms with Crippen molar-refractivity contribution in [1.82, 2.24) is 4.90 Å². The number of hydrogen-bond donors (Lipinski definition) is 2. The molecule has 188 valence electrons. The van der Waals surface area contributed by atoms with Crippen molar-refractivity contribution in [1.29, 1.82) is 0 Å². The van der Waals surface area contributed by atoms with Gasteiger partial charge in [-0.05, 0) is 72.8 Å². The average Bonchev–Trinajstić information content (AvgIpc) is 3.12. The first-order valence-electron chi connectivity index (χ1n) is 11.2. The lowest BCUT2D eigenvalue weighted by atomic mass is 10.2. The molecule has 0 saturated carbocycles. The average molecular weight is 520 g/mol. The molecule has 0 spiro atoms. The van der Waals surface area contributed by atoms with Gasteiger partial charge in [0.2, 0.25) is 5.91 Å². The van der Waals surface area contributed by atoms with E-state index >= 15 is 0 Å². The fraction of sp³-hybridized carbons (Fsp3) is 0.111. The van der Waals surface area contributed by atoms with E-state index in [2.05, 4.69) is 10.6 Å². The summed E-state index contributed by atoms with van der Waals surface area (Å²) in [6.07, 6.45) is 1.53. The molecule has 1 aliphatic rings. The third kappa shape index (κ3) is 7.05. The van der Waals surface area contributed by atoms with Crippen molar-refractivity contribution < 1.29 is 28.3 Å². The molecule has 1 saturated heterocycles. The number of halogens is 1. The summed E-state index contributed by atoms with van der Waals surface area (Å²) in [5, 5.41) is 4.63. The normalized spacial score (nSPS) is 14.1. The summed E-state index contributed by atoms with van der Waals surface area (Å²) in [5.74, 6) is -1.59. The molecule has 4 rings (SSSR count). The van der Waals surface area contributed by atoms with Crippen LogP contribution in [0.3, 0.4) is 0 Å². The lowest BCUT2D eigenvalue weighted by molar-refractivity contribution is -0.127. The summed E-state index contributed by atoms with van der Waals surface area (Å²) < 4.78 is 18.8. The van der Waals surface area contributed by atoms with Crippen LogP contribution in [-0.4, -0.2) is 41.0 Å². The van der Waals surface area contributed by atoms with Crippen molar-refractivity contribution >= 4 is 52.2 Å². The summed E-state index contributed by atoms with van der Waals surface area (Å²) in [6.45, 7) is 1.29. The number of benzene rings is 3. The number of anilines is 2. The maximum absolute atomic E-state index is 13.3. The van der Waals surface area contributed by atoms with Crippen molar-refractivity contribution in [3.05, 3.63) is 94.6 Å². The third-order valence-electron chi connectivity index (χ3n) is 5.17. The molecule has 0 bridgehead atoms. The van der Waals surface area contributed by atoms with Gasteiger partial charge in [0.25, 0.3) is 17.1 Å². The SMILES string of the molecule is Cc1ccc(NC(=O)COc2ccc(/C=C3/SC(=O)N(CC(=O)Nc4cccc(F)c4)C3=O)cc2)cc1. The predicted octanol–water partition coefficient (Wildman–Crippen LogP) is 4.83. The molecular formula is C27H22FN3O5S. The fourth-order valence-corrected chi connectivity index (χ4v) is 4.18. The van der Waals surface area contributed by atoms with Crippen molar-refractivity contribution in [3.8, 4) is 5.75 Å². The van der Waals surface area contributed by atoms with Gasteiger partial charge < -0.3 is 15.4 Å². The predicted molar refractivity (Wildman–Crippen MR) is 139 cm³/mol. The van der Waals surface area contributed by atoms with Crippen molar-refractivity contribution in [2.45, 2.75) is 6.92 Å². The summed E-state index contributed by atoms with van der Waals surface area (Å²) in [4.78, 5) is 50.3. The summed E-state index contributed by atoms with van der Waals surface area (Å²) in [5.41, 5.74) is 2.62. The van der Waals surface area contributed by atoms with Crippen LogP contribution >= 0.6 is 11.8 Å². The second-order valence-corrected chi connectivity index (χ2v) is 9.09. The molecule has 2 N–H and O–H groups in total. The molecule has 0 atom stereocenters. The smallest absolute Gasteiger partial charge is 0.294 e. The van der Waals surface area contributed by atoms with E-state index in [0.717, 1.165) is 28.3 Å². The highest BCUT2D eigenvalue weighted by atomic mass is 32.2. The molecule has 0 aliphatic carbocycles. The maximum atomic E-state index is 13.3. The van der Waals surface area contributed by atoms with E-state index in [0.29, 0.717) is 17.0 Å². The van der Waals surface area contributed by atoms with Crippen LogP contribution in [0.15, 0.2) is 77.7 Å². The number of thioether (sulfide) groups is 1. The molecule has 37 heavy (non-hydrogen) atoms. The minimum Gasteiger partial charge on any atom is -0.484 e. The zero-order chi connectivity index (χ0) is 26.4. The molecule has 4 amide bonds. The highest BCUT2D eigenvalue weighted by Gasteiger charge is 2.36. The first-order valence-corrected chi connectivity index (χ1v) is 12.0. The lowest BCUT2D eigenvalue weighted by Crippen LogP contribution is -2.36. The highest BCUT2D eigenvalue weighted by Crippen LogP contribution is 2.32. The van der Waals surface area contributed by atoms with E-state index in [9.17, 15) is 23.6 Å². The third-order valence-corrected chi connectivity index (χ3v) is 6.07. The molecule has 1 fully saturated rings. The van der Waals surface area contributed by atoms with E-state index in [4.69, 9.17) is 4.74 Å². The number of carbonyl (C=O) groups excluding carboxylic acids is 4. The molecule has 8 nitrogen and oxygen atoms in total. The molecule has 0 aromatic heterocycles. The lowest BCUT2D eigenvalue weighted by Gasteiger charge is -2.12. The van der Waals surface area contributed by atoms with Gasteiger partial charge in [0.15, 0.2) is 6.61 Å². The Kier molecular flexibility index (Phi) is 7.99. The van der Waals surface area contributed by atoms with Gasteiger partial charge >= 0.3 is 0 Å². The van der Waals surface area contributed by atoms with Gasteiger partial charge in [0, 0.05) is 11.4 Å². The van der Waals surface area contributed by atoms with Crippen LogP contribution in [0, 0.1) is 12.7 Å². The number of carbonyl (C=O) groups is 4. The van der Waals surface area contributed by atoms with Crippen LogP contribution in [0.2, 0.25) is 0 Å². The summed E-state index contributed by atoms with van der Waals surface area (Å²) in [6, 6.07) is 19.3. The molecule has 1 aliphatic heterocycles. The number of nitrogens with zero attached hydrogens (tertiary/aromatic N) is 1. The number of hydrogen-bond acceptors (Lipinski definition) is 6. The van der Waals surface area contributed by atoms with Gasteiger partial charge in [-0.15, -0.1) is 0 Å². The molecule has 0 unspecified atom stereocenters. The zero-order valence-corrected chi connectivity index (χ0v) is 20.5. The number of nitrogens with one attached hydrogen (secondary N) is 2. The maximum Gasteiger partial charge on any atom is 0.294 e. The van der Waals surface area contributed by atoms with Gasteiger partial charge in [-0.1, -0.05) is 35.9 Å². The Balaban J connectivity index is 1.30. The minimum atomic E-state index is -0.623. The van der Waals surface area contributed by atoms with E-state index in [-0.39, 0.29) is 23.1 Å². The second kappa shape index (κ2) is 11.5. The molecule has 10 heteroatoms. The molecule has 3 aromatic rings. The van der Waals surface area contributed by atoms with Crippen LogP contribution < -0.4 is 15.4 Å². The molecule has 3 aromatic carbocycles. The van der Waals surface area contributed by atoms with Crippen LogP contribution in [0.5, 0.6) is 5.75 Å². The first-order chi connectivity index (χ1) is 17.8. The van der Waals surface area contributed by atoms with Gasteiger partial charge in [0.1, 0.15) is 18.1 Å². The Labute approximate surface area is 216 Å². The Morgan fingerprint density at radius 3 is 2.35 bits per heavy atom. The van der Waals surface area contributed by atoms with Crippen LogP contribution in [0.1, 0.15) is 11.1 Å². The zero-order valence-electron chi connectivity index (χ0n) is 19.7. The molecular weight excluding hydrogens is 497 g/mol. The quantitative estimate of drug-likeness (QED) is 0.413. The number of ether oxygens (including phenoxy) is 1. The Morgan fingerprint density at radius 2 is 1.65 bits per heavy atom. The number of rotatable bonds is 8.